The van der Waals surface area contributed by atoms with Gasteiger partial charge in [0.15, 0.2) is 0 Å². The van der Waals surface area contributed by atoms with Crippen LogP contribution in [0.15, 0.2) is 48.5 Å². The number of carbonyl (C=O) groups excluding carboxylic acids is 1. The Morgan fingerprint density at radius 3 is 2.46 bits per heavy atom. The van der Waals surface area contributed by atoms with Crippen molar-refractivity contribution in [2.75, 3.05) is 20.8 Å². The number of likely N-dealkylation sites (tertiary alicyclic amines) is 1. The Kier molecular flexibility index (Phi) is 5.18. The maximum atomic E-state index is 13.0. The molecule has 0 saturated carbocycles. The zero-order valence-electron chi connectivity index (χ0n) is 15.4. The number of hydrogen-bond acceptors (Lipinski definition) is 4. The molecule has 138 valence electrons. The first kappa shape index (κ1) is 18.3. The summed E-state index contributed by atoms with van der Waals surface area (Å²) in [5, 5.41) is 11.3. The van der Waals surface area contributed by atoms with Gasteiger partial charge in [-0.2, -0.15) is 0 Å². The molecule has 1 saturated heterocycles. The Bertz CT molecular complexity index is 770. The fraction of sp³-hybridized carbons (Fsp3) is 0.381. The molecule has 0 aromatic heterocycles. The van der Waals surface area contributed by atoms with Crippen molar-refractivity contribution in [1.82, 2.24) is 4.90 Å². The molecule has 5 nitrogen and oxygen atoms in total. The Morgan fingerprint density at radius 2 is 1.81 bits per heavy atom. The second kappa shape index (κ2) is 7.38. The summed E-state index contributed by atoms with van der Waals surface area (Å²) in [4.78, 5) is 14.8. The summed E-state index contributed by atoms with van der Waals surface area (Å²) >= 11 is 0. The van der Waals surface area contributed by atoms with E-state index in [9.17, 15) is 9.90 Å². The van der Waals surface area contributed by atoms with Crippen molar-refractivity contribution in [1.29, 1.82) is 0 Å². The Labute approximate surface area is 154 Å². The van der Waals surface area contributed by atoms with Crippen LogP contribution in [-0.4, -0.2) is 42.7 Å². The molecule has 2 aromatic rings. The fourth-order valence-electron chi connectivity index (χ4n) is 3.64. The molecule has 1 heterocycles. The third-order valence-corrected chi connectivity index (χ3v) is 5.15. The van der Waals surface area contributed by atoms with Crippen molar-refractivity contribution < 1.29 is 19.4 Å². The molecule has 1 fully saturated rings. The van der Waals surface area contributed by atoms with E-state index in [0.717, 1.165) is 24.2 Å². The van der Waals surface area contributed by atoms with Crippen molar-refractivity contribution >= 4 is 5.91 Å². The minimum atomic E-state index is -1.14. The van der Waals surface area contributed by atoms with Gasteiger partial charge in [0.25, 0.3) is 5.91 Å². The summed E-state index contributed by atoms with van der Waals surface area (Å²) in [6.07, 6.45) is 1.63. The lowest BCUT2D eigenvalue weighted by atomic mass is 9.86. The van der Waals surface area contributed by atoms with Gasteiger partial charge >= 0.3 is 0 Å². The average Bonchev–Trinajstić information content (AvgIpc) is 3.18. The highest BCUT2D eigenvalue weighted by atomic mass is 16.5. The Hall–Kier alpha value is -2.53. The maximum absolute atomic E-state index is 13.0. The molecule has 1 N–H and O–H groups in total. The average molecular weight is 355 g/mol. The molecule has 3 rings (SSSR count). The predicted molar refractivity (Wildman–Crippen MR) is 99.6 cm³/mol. The van der Waals surface area contributed by atoms with Crippen molar-refractivity contribution in [2.45, 2.75) is 31.4 Å². The van der Waals surface area contributed by atoms with Crippen LogP contribution in [0.5, 0.6) is 11.5 Å². The van der Waals surface area contributed by atoms with Crippen LogP contribution in [0.3, 0.4) is 0 Å². The van der Waals surface area contributed by atoms with Gasteiger partial charge in [0.2, 0.25) is 0 Å². The molecular formula is C21H25NO4. The highest BCUT2D eigenvalue weighted by Gasteiger charge is 2.42. The van der Waals surface area contributed by atoms with E-state index in [-0.39, 0.29) is 11.9 Å². The number of amides is 1. The van der Waals surface area contributed by atoms with Crippen molar-refractivity contribution in [3.05, 3.63) is 59.7 Å². The topological polar surface area (TPSA) is 59.0 Å². The number of nitrogens with zero attached hydrogens (tertiary/aromatic N) is 1. The van der Waals surface area contributed by atoms with Gasteiger partial charge in [0, 0.05) is 12.1 Å². The van der Waals surface area contributed by atoms with E-state index in [1.807, 2.05) is 30.3 Å². The summed E-state index contributed by atoms with van der Waals surface area (Å²) in [6.45, 7) is 2.41. The van der Waals surface area contributed by atoms with Crippen LogP contribution in [0.1, 0.15) is 35.7 Å². The third-order valence-electron chi connectivity index (χ3n) is 5.15. The fourth-order valence-corrected chi connectivity index (χ4v) is 3.64. The molecule has 0 radical (unpaired) electrons. The maximum Gasteiger partial charge on any atom is 0.254 e. The molecule has 26 heavy (non-hydrogen) atoms. The lowest BCUT2D eigenvalue weighted by Gasteiger charge is -2.37. The predicted octanol–water partition coefficient (Wildman–Crippen LogP) is 3.22. The van der Waals surface area contributed by atoms with Crippen LogP contribution in [0.25, 0.3) is 0 Å². The first-order valence-electron chi connectivity index (χ1n) is 8.79. The van der Waals surface area contributed by atoms with E-state index in [4.69, 9.17) is 9.47 Å². The molecule has 1 amide bonds. The number of rotatable bonds is 5. The Balaban J connectivity index is 1.87. The van der Waals surface area contributed by atoms with Crippen LogP contribution >= 0.6 is 0 Å². The van der Waals surface area contributed by atoms with Gasteiger partial charge in [0.1, 0.15) is 17.1 Å². The second-order valence-corrected chi connectivity index (χ2v) is 6.76. The number of ether oxygens (including phenoxy) is 2. The normalized spacial score (nSPS) is 19.1. The highest BCUT2D eigenvalue weighted by Crippen LogP contribution is 2.36. The first-order chi connectivity index (χ1) is 12.5. The number of hydrogen-bond donors (Lipinski definition) is 1. The van der Waals surface area contributed by atoms with Gasteiger partial charge in [-0.25, -0.2) is 0 Å². The van der Waals surface area contributed by atoms with Gasteiger partial charge in [-0.3, -0.25) is 4.79 Å². The largest absolute Gasteiger partial charge is 0.497 e. The molecule has 2 aromatic carbocycles. The lowest BCUT2D eigenvalue weighted by Crippen LogP contribution is -2.48. The monoisotopic (exact) mass is 355 g/mol. The van der Waals surface area contributed by atoms with Crippen molar-refractivity contribution in [2.24, 2.45) is 0 Å². The van der Waals surface area contributed by atoms with Crippen LogP contribution in [0, 0.1) is 0 Å². The van der Waals surface area contributed by atoms with E-state index in [1.165, 1.54) is 0 Å². The van der Waals surface area contributed by atoms with E-state index in [1.54, 1.807) is 44.2 Å². The molecule has 0 unspecified atom stereocenters. The number of benzene rings is 2. The third kappa shape index (κ3) is 3.40. The first-order valence-corrected chi connectivity index (χ1v) is 8.79. The van der Waals surface area contributed by atoms with E-state index >= 15 is 0 Å². The molecule has 0 aliphatic carbocycles. The van der Waals surface area contributed by atoms with Gasteiger partial charge in [-0.1, -0.05) is 18.2 Å². The van der Waals surface area contributed by atoms with Gasteiger partial charge in [-0.15, -0.1) is 0 Å². The SMILES string of the molecule is COc1ccc([C@@](C)(O)[C@H]2CCCN2C(=O)c2cccc(OC)c2)cc1. The van der Waals surface area contributed by atoms with Crippen LogP contribution in [-0.2, 0) is 5.60 Å². The van der Waals surface area contributed by atoms with E-state index < -0.39 is 5.60 Å². The molecule has 2 atom stereocenters. The zero-order chi connectivity index (χ0) is 18.7. The second-order valence-electron chi connectivity index (χ2n) is 6.76. The van der Waals surface area contributed by atoms with E-state index in [0.29, 0.717) is 17.9 Å². The zero-order valence-corrected chi connectivity index (χ0v) is 15.4. The molecular weight excluding hydrogens is 330 g/mol. The minimum Gasteiger partial charge on any atom is -0.497 e. The van der Waals surface area contributed by atoms with Crippen molar-refractivity contribution in [3.8, 4) is 11.5 Å². The lowest BCUT2D eigenvalue weighted by molar-refractivity contribution is -0.0177. The molecule has 0 bridgehead atoms. The van der Waals surface area contributed by atoms with Gasteiger partial charge < -0.3 is 19.5 Å². The molecule has 1 aliphatic heterocycles. The molecule has 0 spiro atoms. The number of methoxy groups -OCH3 is 2. The smallest absolute Gasteiger partial charge is 0.254 e. The summed E-state index contributed by atoms with van der Waals surface area (Å²) in [7, 11) is 3.19. The van der Waals surface area contributed by atoms with Gasteiger partial charge in [0.05, 0.1) is 20.3 Å². The van der Waals surface area contributed by atoms with Crippen LogP contribution in [0.4, 0.5) is 0 Å². The summed E-state index contributed by atoms with van der Waals surface area (Å²) in [6, 6.07) is 14.2. The number of aliphatic hydroxyl groups is 1. The summed E-state index contributed by atoms with van der Waals surface area (Å²) in [5.74, 6) is 1.30. The Morgan fingerprint density at radius 1 is 1.12 bits per heavy atom. The quantitative estimate of drug-likeness (QED) is 0.895. The summed E-state index contributed by atoms with van der Waals surface area (Å²) in [5.41, 5.74) is 0.201. The number of carbonyl (C=O) groups is 1. The van der Waals surface area contributed by atoms with E-state index in [2.05, 4.69) is 0 Å². The highest BCUT2D eigenvalue weighted by molar-refractivity contribution is 5.95. The minimum absolute atomic E-state index is 0.0832. The standard InChI is InChI=1S/C21H25NO4/c1-21(24,16-9-11-17(25-2)12-10-16)19-8-5-13-22(19)20(23)15-6-4-7-18(14-15)26-3/h4,6-7,9-12,14,19,24H,5,8,13H2,1-3H3/t19-,21-/m1/s1. The molecule has 5 heteroatoms. The molecule has 1 aliphatic rings. The van der Waals surface area contributed by atoms with Crippen LogP contribution in [0.2, 0.25) is 0 Å². The van der Waals surface area contributed by atoms with Crippen LogP contribution < -0.4 is 9.47 Å². The van der Waals surface area contributed by atoms with Crippen molar-refractivity contribution in [3.63, 3.8) is 0 Å². The summed E-state index contributed by atoms with van der Waals surface area (Å²) < 4.78 is 10.4. The van der Waals surface area contributed by atoms with Gasteiger partial charge in [-0.05, 0) is 55.7 Å².